The van der Waals surface area contributed by atoms with Crippen molar-refractivity contribution in [3.05, 3.63) is 33.0 Å². The second-order valence-corrected chi connectivity index (χ2v) is 6.31. The van der Waals surface area contributed by atoms with Gasteiger partial charge in [-0.1, -0.05) is 30.2 Å². The quantitative estimate of drug-likeness (QED) is 0.696. The van der Waals surface area contributed by atoms with Gasteiger partial charge in [-0.2, -0.15) is 0 Å². The van der Waals surface area contributed by atoms with Gasteiger partial charge in [-0.25, -0.2) is 0 Å². The minimum Gasteiger partial charge on any atom is -0.309 e. The number of thiophene rings is 1. The van der Waals surface area contributed by atoms with Crippen LogP contribution >= 0.6 is 22.9 Å². The van der Waals surface area contributed by atoms with E-state index in [1.807, 2.05) is 6.07 Å². The standard InChI is InChI=1S/C15H22ClNS/c1-2-9-17-14(15-13(16)8-10-18-15)11-12-6-4-3-5-7-12/h6,8,10,14,17H,2-5,7,9,11H2,1H3. The molecule has 1 aliphatic rings. The van der Waals surface area contributed by atoms with Crippen LogP contribution in [0.3, 0.4) is 0 Å². The highest BCUT2D eigenvalue weighted by atomic mass is 35.5. The van der Waals surface area contributed by atoms with E-state index in [9.17, 15) is 0 Å². The summed E-state index contributed by atoms with van der Waals surface area (Å²) < 4.78 is 0. The molecule has 0 saturated heterocycles. The number of hydrogen-bond acceptors (Lipinski definition) is 2. The Morgan fingerprint density at radius 2 is 2.33 bits per heavy atom. The Labute approximate surface area is 119 Å². The molecule has 2 rings (SSSR count). The highest BCUT2D eigenvalue weighted by Crippen LogP contribution is 2.34. The fourth-order valence-electron chi connectivity index (χ4n) is 2.48. The van der Waals surface area contributed by atoms with Crippen LogP contribution in [0.4, 0.5) is 0 Å². The average molecular weight is 284 g/mol. The van der Waals surface area contributed by atoms with Crippen LogP contribution in [0.1, 0.15) is 56.4 Å². The number of hydrogen-bond donors (Lipinski definition) is 1. The molecule has 1 aromatic rings. The first-order valence-corrected chi connectivity index (χ1v) is 8.21. The molecule has 18 heavy (non-hydrogen) atoms. The van der Waals surface area contributed by atoms with Gasteiger partial charge in [-0.05, 0) is 56.5 Å². The number of halogens is 1. The Bertz CT molecular complexity index is 397. The zero-order chi connectivity index (χ0) is 12.8. The summed E-state index contributed by atoms with van der Waals surface area (Å²) >= 11 is 8.06. The van der Waals surface area contributed by atoms with Crippen molar-refractivity contribution in [3.63, 3.8) is 0 Å². The van der Waals surface area contributed by atoms with Gasteiger partial charge >= 0.3 is 0 Å². The second-order valence-electron chi connectivity index (χ2n) is 4.95. The van der Waals surface area contributed by atoms with Crippen LogP contribution in [0.15, 0.2) is 23.1 Å². The summed E-state index contributed by atoms with van der Waals surface area (Å²) in [6.07, 6.45) is 9.96. The van der Waals surface area contributed by atoms with Crippen LogP contribution < -0.4 is 5.32 Å². The van der Waals surface area contributed by atoms with E-state index in [-0.39, 0.29) is 0 Å². The molecule has 0 amide bonds. The molecule has 100 valence electrons. The van der Waals surface area contributed by atoms with Gasteiger partial charge < -0.3 is 5.32 Å². The lowest BCUT2D eigenvalue weighted by Crippen LogP contribution is -2.22. The number of nitrogens with one attached hydrogen (secondary N) is 1. The average Bonchev–Trinajstić information content (AvgIpc) is 2.82. The van der Waals surface area contributed by atoms with E-state index in [0.717, 1.165) is 18.0 Å². The molecule has 0 spiro atoms. The van der Waals surface area contributed by atoms with Crippen molar-refractivity contribution in [2.45, 2.75) is 51.5 Å². The highest BCUT2D eigenvalue weighted by molar-refractivity contribution is 7.10. The van der Waals surface area contributed by atoms with Gasteiger partial charge in [0.15, 0.2) is 0 Å². The van der Waals surface area contributed by atoms with E-state index in [0.29, 0.717) is 6.04 Å². The van der Waals surface area contributed by atoms with E-state index < -0.39 is 0 Å². The lowest BCUT2D eigenvalue weighted by atomic mass is 9.93. The summed E-state index contributed by atoms with van der Waals surface area (Å²) in [5.74, 6) is 0. The Balaban J connectivity index is 2.05. The molecule has 1 atom stereocenters. The largest absolute Gasteiger partial charge is 0.309 e. The monoisotopic (exact) mass is 283 g/mol. The molecular formula is C15H22ClNS. The summed E-state index contributed by atoms with van der Waals surface area (Å²) in [5, 5.41) is 6.66. The van der Waals surface area contributed by atoms with Crippen LogP contribution in [0, 0.1) is 0 Å². The third-order valence-corrected chi connectivity index (χ3v) is 4.93. The molecule has 1 heterocycles. The smallest absolute Gasteiger partial charge is 0.0561 e. The summed E-state index contributed by atoms with van der Waals surface area (Å²) in [6, 6.07) is 2.42. The van der Waals surface area contributed by atoms with Crippen molar-refractivity contribution >= 4 is 22.9 Å². The molecule has 0 saturated carbocycles. The maximum Gasteiger partial charge on any atom is 0.0561 e. The predicted octanol–water partition coefficient (Wildman–Crippen LogP) is 5.33. The molecule has 0 aromatic carbocycles. The van der Waals surface area contributed by atoms with Gasteiger partial charge in [-0.3, -0.25) is 0 Å². The Morgan fingerprint density at radius 3 is 2.94 bits per heavy atom. The van der Waals surface area contributed by atoms with Crippen molar-refractivity contribution in [3.8, 4) is 0 Å². The molecule has 0 fully saturated rings. The predicted molar refractivity (Wildman–Crippen MR) is 81.5 cm³/mol. The first-order valence-electron chi connectivity index (χ1n) is 6.95. The van der Waals surface area contributed by atoms with E-state index in [4.69, 9.17) is 11.6 Å². The summed E-state index contributed by atoms with van der Waals surface area (Å²) in [4.78, 5) is 1.30. The summed E-state index contributed by atoms with van der Waals surface area (Å²) in [5.41, 5.74) is 1.61. The van der Waals surface area contributed by atoms with Gasteiger partial charge in [0.25, 0.3) is 0 Å². The summed E-state index contributed by atoms with van der Waals surface area (Å²) in [7, 11) is 0. The molecule has 1 aliphatic carbocycles. The number of rotatable bonds is 6. The topological polar surface area (TPSA) is 12.0 Å². The maximum absolute atomic E-state index is 6.28. The zero-order valence-electron chi connectivity index (χ0n) is 11.0. The third kappa shape index (κ3) is 3.84. The van der Waals surface area contributed by atoms with Crippen molar-refractivity contribution in [1.29, 1.82) is 0 Å². The highest BCUT2D eigenvalue weighted by Gasteiger charge is 2.17. The Hall–Kier alpha value is -0.310. The molecule has 0 radical (unpaired) electrons. The van der Waals surface area contributed by atoms with Crippen LogP contribution in [0.5, 0.6) is 0 Å². The van der Waals surface area contributed by atoms with Gasteiger partial charge in [0.05, 0.1) is 5.02 Å². The van der Waals surface area contributed by atoms with Crippen LogP contribution in [0.25, 0.3) is 0 Å². The van der Waals surface area contributed by atoms with Crippen molar-refractivity contribution < 1.29 is 0 Å². The molecule has 3 heteroatoms. The van der Waals surface area contributed by atoms with Gasteiger partial charge in [0.1, 0.15) is 0 Å². The Kier molecular flexibility index (Phi) is 5.74. The first kappa shape index (κ1) is 14.1. The lowest BCUT2D eigenvalue weighted by Gasteiger charge is -2.21. The van der Waals surface area contributed by atoms with Crippen LogP contribution in [0.2, 0.25) is 5.02 Å². The molecule has 1 nitrogen and oxygen atoms in total. The molecular weight excluding hydrogens is 262 g/mol. The van der Waals surface area contributed by atoms with Gasteiger partial charge in [-0.15, -0.1) is 11.3 Å². The molecule has 1 unspecified atom stereocenters. The maximum atomic E-state index is 6.28. The SMILES string of the molecule is CCCNC(CC1=CCCCC1)c1sccc1Cl. The van der Waals surface area contributed by atoms with Crippen molar-refractivity contribution in [2.24, 2.45) is 0 Å². The van der Waals surface area contributed by atoms with Crippen LogP contribution in [-0.2, 0) is 0 Å². The molecule has 0 bridgehead atoms. The minimum atomic E-state index is 0.404. The second kappa shape index (κ2) is 7.32. The van der Waals surface area contributed by atoms with E-state index >= 15 is 0 Å². The summed E-state index contributed by atoms with van der Waals surface area (Å²) in [6.45, 7) is 3.27. The molecule has 1 N–H and O–H groups in total. The normalized spacial score (nSPS) is 17.6. The van der Waals surface area contributed by atoms with E-state index in [2.05, 4.69) is 23.7 Å². The zero-order valence-corrected chi connectivity index (χ0v) is 12.6. The third-order valence-electron chi connectivity index (χ3n) is 3.45. The van der Waals surface area contributed by atoms with Crippen molar-refractivity contribution in [1.82, 2.24) is 5.32 Å². The lowest BCUT2D eigenvalue weighted by molar-refractivity contribution is 0.518. The van der Waals surface area contributed by atoms with Crippen molar-refractivity contribution in [2.75, 3.05) is 6.54 Å². The van der Waals surface area contributed by atoms with Gasteiger partial charge in [0, 0.05) is 10.9 Å². The fraction of sp³-hybridized carbons (Fsp3) is 0.600. The molecule has 0 aliphatic heterocycles. The Morgan fingerprint density at radius 1 is 1.44 bits per heavy atom. The molecule has 1 aromatic heterocycles. The van der Waals surface area contributed by atoms with Gasteiger partial charge in [0.2, 0.25) is 0 Å². The fourth-order valence-corrected chi connectivity index (χ4v) is 3.75. The van der Waals surface area contributed by atoms with E-state index in [1.165, 1.54) is 37.0 Å². The number of allylic oxidation sites excluding steroid dienone is 1. The van der Waals surface area contributed by atoms with Crippen LogP contribution in [-0.4, -0.2) is 6.54 Å². The first-order chi connectivity index (χ1) is 8.81. The van der Waals surface area contributed by atoms with E-state index in [1.54, 1.807) is 16.9 Å². The minimum absolute atomic E-state index is 0.404.